The van der Waals surface area contributed by atoms with Crippen molar-refractivity contribution in [1.29, 1.82) is 0 Å². The number of hydrogen-bond acceptors (Lipinski definition) is 3. The van der Waals surface area contributed by atoms with Gasteiger partial charge in [0, 0.05) is 11.9 Å². The molecule has 0 bridgehead atoms. The summed E-state index contributed by atoms with van der Waals surface area (Å²) in [5, 5.41) is 2.99. The second-order valence-corrected chi connectivity index (χ2v) is 5.89. The highest BCUT2D eigenvalue weighted by Crippen LogP contribution is 2.35. The van der Waals surface area contributed by atoms with Crippen LogP contribution < -0.4 is 10.2 Å². The molecule has 1 aliphatic heterocycles. The predicted molar refractivity (Wildman–Crippen MR) is 74.4 cm³/mol. The molecule has 3 nitrogen and oxygen atoms in total. The molecule has 92 valence electrons. The van der Waals surface area contributed by atoms with Crippen LogP contribution in [0.2, 0.25) is 4.34 Å². The molecule has 2 heterocycles. The third-order valence-electron chi connectivity index (χ3n) is 3.05. The van der Waals surface area contributed by atoms with Crippen molar-refractivity contribution in [3.8, 4) is 0 Å². The largest absolute Gasteiger partial charge is 0.349 e. The number of thiophene rings is 1. The molecular weight excluding hydrogens is 268 g/mol. The number of para-hydroxylation sites is 1. The molecule has 0 unspecified atom stereocenters. The van der Waals surface area contributed by atoms with Crippen LogP contribution in [0.5, 0.6) is 0 Å². The molecule has 0 aliphatic carbocycles. The molecule has 2 aromatic rings. The number of nitrogens with one attached hydrogen (secondary N) is 1. The quantitative estimate of drug-likeness (QED) is 0.868. The number of anilines is 1. The van der Waals surface area contributed by atoms with Gasteiger partial charge >= 0.3 is 0 Å². The Kier molecular flexibility index (Phi) is 2.76. The molecule has 1 atom stereocenters. The molecule has 0 saturated heterocycles. The van der Waals surface area contributed by atoms with Gasteiger partial charge in [-0.05, 0) is 24.3 Å². The van der Waals surface area contributed by atoms with Crippen molar-refractivity contribution in [1.82, 2.24) is 5.32 Å². The SMILES string of the molecule is CN1c2ccccc2C(=O)N[C@H]1c1ccc(Cl)s1. The van der Waals surface area contributed by atoms with Crippen LogP contribution in [-0.2, 0) is 0 Å². The topological polar surface area (TPSA) is 32.3 Å². The van der Waals surface area contributed by atoms with Gasteiger partial charge in [-0.1, -0.05) is 23.7 Å². The van der Waals surface area contributed by atoms with Gasteiger partial charge in [0.15, 0.2) is 0 Å². The Hall–Kier alpha value is -1.52. The summed E-state index contributed by atoms with van der Waals surface area (Å²) in [5.74, 6) is -0.0433. The van der Waals surface area contributed by atoms with Crippen molar-refractivity contribution in [3.63, 3.8) is 0 Å². The maximum absolute atomic E-state index is 12.1. The molecule has 1 aliphatic rings. The fourth-order valence-corrected chi connectivity index (χ4v) is 3.30. The lowest BCUT2D eigenvalue weighted by Crippen LogP contribution is -2.44. The summed E-state index contributed by atoms with van der Waals surface area (Å²) in [6, 6.07) is 11.4. The first-order valence-electron chi connectivity index (χ1n) is 5.55. The third-order valence-corrected chi connectivity index (χ3v) is 4.33. The highest BCUT2D eigenvalue weighted by Gasteiger charge is 2.29. The minimum Gasteiger partial charge on any atom is -0.349 e. The second-order valence-electron chi connectivity index (χ2n) is 4.15. The lowest BCUT2D eigenvalue weighted by Gasteiger charge is -2.35. The Balaban J connectivity index is 2.04. The predicted octanol–water partition coefficient (Wildman–Crippen LogP) is 3.28. The number of nitrogens with zero attached hydrogens (tertiary/aromatic N) is 1. The molecule has 0 spiro atoms. The highest BCUT2D eigenvalue weighted by molar-refractivity contribution is 7.16. The standard InChI is InChI=1S/C13H11ClN2OS/c1-16-9-5-3-2-4-8(9)13(17)15-12(16)10-6-7-11(14)18-10/h2-7,12H,1H3,(H,15,17)/t12-/m1/s1. The van der Waals surface area contributed by atoms with Crippen LogP contribution in [0, 0.1) is 0 Å². The number of amides is 1. The fourth-order valence-electron chi connectivity index (χ4n) is 2.15. The van der Waals surface area contributed by atoms with E-state index in [1.54, 1.807) is 0 Å². The Morgan fingerprint density at radius 3 is 2.78 bits per heavy atom. The Morgan fingerprint density at radius 1 is 1.28 bits per heavy atom. The Bertz CT molecular complexity index is 611. The Morgan fingerprint density at radius 2 is 2.06 bits per heavy atom. The lowest BCUT2D eigenvalue weighted by atomic mass is 10.1. The van der Waals surface area contributed by atoms with Gasteiger partial charge in [-0.2, -0.15) is 0 Å². The molecule has 1 N–H and O–H groups in total. The smallest absolute Gasteiger partial charge is 0.255 e. The molecular formula is C13H11ClN2OS. The van der Waals surface area contributed by atoms with E-state index in [4.69, 9.17) is 11.6 Å². The van der Waals surface area contributed by atoms with E-state index in [2.05, 4.69) is 10.2 Å². The summed E-state index contributed by atoms with van der Waals surface area (Å²) in [7, 11) is 1.97. The van der Waals surface area contributed by atoms with Gasteiger partial charge in [0.1, 0.15) is 6.17 Å². The van der Waals surface area contributed by atoms with Gasteiger partial charge in [0.2, 0.25) is 0 Å². The van der Waals surface area contributed by atoms with Gasteiger partial charge < -0.3 is 10.2 Å². The maximum Gasteiger partial charge on any atom is 0.255 e. The van der Waals surface area contributed by atoms with Gasteiger partial charge in [0.05, 0.1) is 15.6 Å². The van der Waals surface area contributed by atoms with E-state index < -0.39 is 0 Å². The van der Waals surface area contributed by atoms with Gasteiger partial charge in [-0.25, -0.2) is 0 Å². The minimum absolute atomic E-state index is 0.0433. The van der Waals surface area contributed by atoms with E-state index in [9.17, 15) is 4.79 Å². The van der Waals surface area contributed by atoms with Crippen LogP contribution >= 0.6 is 22.9 Å². The number of halogens is 1. The first-order valence-corrected chi connectivity index (χ1v) is 6.74. The zero-order valence-electron chi connectivity index (χ0n) is 9.68. The van der Waals surface area contributed by atoms with E-state index in [0.29, 0.717) is 5.56 Å². The Labute approximate surface area is 114 Å². The molecule has 5 heteroatoms. The first kappa shape index (κ1) is 11.6. The summed E-state index contributed by atoms with van der Waals surface area (Å²) in [6.07, 6.45) is -0.148. The second kappa shape index (κ2) is 4.30. The molecule has 1 aromatic carbocycles. The monoisotopic (exact) mass is 278 g/mol. The molecule has 0 saturated carbocycles. The van der Waals surface area contributed by atoms with E-state index in [-0.39, 0.29) is 12.1 Å². The van der Waals surface area contributed by atoms with Crippen LogP contribution in [0.1, 0.15) is 21.4 Å². The number of hydrogen-bond donors (Lipinski definition) is 1. The molecule has 0 radical (unpaired) electrons. The average molecular weight is 279 g/mol. The van der Waals surface area contributed by atoms with Crippen molar-refractivity contribution in [3.05, 3.63) is 51.2 Å². The summed E-state index contributed by atoms with van der Waals surface area (Å²) < 4.78 is 0.728. The van der Waals surface area contributed by atoms with Crippen molar-refractivity contribution in [2.75, 3.05) is 11.9 Å². The van der Waals surface area contributed by atoms with E-state index in [1.807, 2.05) is 43.4 Å². The maximum atomic E-state index is 12.1. The molecule has 1 aromatic heterocycles. The zero-order chi connectivity index (χ0) is 12.7. The van der Waals surface area contributed by atoms with Gasteiger partial charge in [-0.15, -0.1) is 11.3 Å². The van der Waals surface area contributed by atoms with Crippen molar-refractivity contribution in [2.45, 2.75) is 6.17 Å². The van der Waals surface area contributed by atoms with Crippen LogP contribution in [0.25, 0.3) is 0 Å². The summed E-state index contributed by atoms with van der Waals surface area (Å²) >= 11 is 7.43. The minimum atomic E-state index is -0.148. The molecule has 18 heavy (non-hydrogen) atoms. The van der Waals surface area contributed by atoms with E-state index in [1.165, 1.54) is 11.3 Å². The third kappa shape index (κ3) is 1.78. The van der Waals surface area contributed by atoms with Gasteiger partial charge in [-0.3, -0.25) is 4.79 Å². The summed E-state index contributed by atoms with van der Waals surface area (Å²) in [6.45, 7) is 0. The number of carbonyl (C=O) groups is 1. The molecule has 1 amide bonds. The number of carbonyl (C=O) groups excluding carboxylic acids is 1. The van der Waals surface area contributed by atoms with Crippen molar-refractivity contribution < 1.29 is 4.79 Å². The van der Waals surface area contributed by atoms with Crippen LogP contribution in [-0.4, -0.2) is 13.0 Å². The first-order chi connectivity index (χ1) is 8.66. The van der Waals surface area contributed by atoms with Gasteiger partial charge in [0.25, 0.3) is 5.91 Å². The molecule has 3 rings (SSSR count). The molecule has 0 fully saturated rings. The number of rotatable bonds is 1. The fraction of sp³-hybridized carbons (Fsp3) is 0.154. The van der Waals surface area contributed by atoms with Crippen LogP contribution in [0.15, 0.2) is 36.4 Å². The lowest BCUT2D eigenvalue weighted by molar-refractivity contribution is 0.0929. The summed E-state index contributed by atoms with van der Waals surface area (Å²) in [4.78, 5) is 15.1. The summed E-state index contributed by atoms with van der Waals surface area (Å²) in [5.41, 5.74) is 1.65. The average Bonchev–Trinajstić information content (AvgIpc) is 2.80. The number of benzene rings is 1. The normalized spacial score (nSPS) is 18.4. The van der Waals surface area contributed by atoms with Crippen molar-refractivity contribution in [2.24, 2.45) is 0 Å². The van der Waals surface area contributed by atoms with Crippen LogP contribution in [0.4, 0.5) is 5.69 Å². The number of fused-ring (bicyclic) bond motifs is 1. The highest BCUT2D eigenvalue weighted by atomic mass is 35.5. The van der Waals surface area contributed by atoms with E-state index >= 15 is 0 Å². The van der Waals surface area contributed by atoms with Crippen molar-refractivity contribution >= 4 is 34.5 Å². The van der Waals surface area contributed by atoms with Crippen LogP contribution in [0.3, 0.4) is 0 Å². The zero-order valence-corrected chi connectivity index (χ0v) is 11.3. The van der Waals surface area contributed by atoms with E-state index in [0.717, 1.165) is 14.9 Å².